The van der Waals surface area contributed by atoms with Gasteiger partial charge in [0.25, 0.3) is 0 Å². The monoisotopic (exact) mass is 271 g/mol. The Morgan fingerprint density at radius 3 is 2.40 bits per heavy atom. The van der Waals surface area contributed by atoms with Crippen LogP contribution in [0.5, 0.6) is 0 Å². The molecule has 0 spiro atoms. The van der Waals surface area contributed by atoms with Crippen LogP contribution in [0.1, 0.15) is 16.7 Å². The third-order valence-electron chi connectivity index (χ3n) is 3.11. The lowest BCUT2D eigenvalue weighted by Crippen LogP contribution is -2.21. The maximum Gasteiger partial charge on any atom is 0.123 e. The molecule has 0 fully saturated rings. The van der Waals surface area contributed by atoms with E-state index in [2.05, 4.69) is 4.90 Å². The Kier molecular flexibility index (Phi) is 4.48. The summed E-state index contributed by atoms with van der Waals surface area (Å²) < 4.78 is 12.9. The smallest absolute Gasteiger partial charge is 0.123 e. The molecular formula is C16H18FN3. The number of halogens is 1. The van der Waals surface area contributed by atoms with Gasteiger partial charge in [-0.15, -0.1) is 0 Å². The summed E-state index contributed by atoms with van der Waals surface area (Å²) in [5, 5.41) is 7.58. The van der Waals surface area contributed by atoms with E-state index in [1.807, 2.05) is 31.3 Å². The first-order valence-electron chi connectivity index (χ1n) is 6.41. The molecule has 2 aromatic carbocycles. The van der Waals surface area contributed by atoms with Crippen molar-refractivity contribution in [2.24, 2.45) is 5.73 Å². The second-order valence-corrected chi connectivity index (χ2v) is 4.87. The minimum atomic E-state index is -0.224. The molecule has 4 heteroatoms. The maximum atomic E-state index is 12.9. The largest absolute Gasteiger partial charge is 0.384 e. The highest BCUT2D eigenvalue weighted by atomic mass is 19.1. The van der Waals surface area contributed by atoms with Gasteiger partial charge in [-0.1, -0.05) is 36.4 Å². The van der Waals surface area contributed by atoms with Gasteiger partial charge in [-0.2, -0.15) is 0 Å². The SMILES string of the molecule is CN(Cc1ccc(F)cc1)Cc1ccccc1C(=N)N. The van der Waals surface area contributed by atoms with Crippen molar-refractivity contribution in [1.29, 1.82) is 5.41 Å². The molecular weight excluding hydrogens is 253 g/mol. The predicted octanol–water partition coefficient (Wildman–Crippen LogP) is 2.74. The Morgan fingerprint density at radius 1 is 1.10 bits per heavy atom. The Labute approximate surface area is 118 Å². The molecule has 0 atom stereocenters. The normalized spacial score (nSPS) is 10.8. The molecule has 104 valence electrons. The molecule has 20 heavy (non-hydrogen) atoms. The molecule has 0 aliphatic rings. The van der Waals surface area contributed by atoms with Gasteiger partial charge in [0.15, 0.2) is 0 Å². The highest BCUT2D eigenvalue weighted by Crippen LogP contribution is 2.13. The third-order valence-corrected chi connectivity index (χ3v) is 3.11. The molecule has 0 unspecified atom stereocenters. The molecule has 0 aromatic heterocycles. The predicted molar refractivity (Wildman–Crippen MR) is 79.0 cm³/mol. The van der Waals surface area contributed by atoms with Crippen LogP contribution in [0.4, 0.5) is 4.39 Å². The zero-order valence-electron chi connectivity index (χ0n) is 11.4. The molecule has 0 aliphatic heterocycles. The standard InChI is InChI=1S/C16H18FN3/c1-20(10-12-6-8-14(17)9-7-12)11-13-4-2-3-5-15(13)16(18)19/h2-9H,10-11H2,1H3,(H3,18,19). The van der Waals surface area contributed by atoms with E-state index in [1.165, 1.54) is 12.1 Å². The number of hydrogen-bond acceptors (Lipinski definition) is 2. The summed E-state index contributed by atoms with van der Waals surface area (Å²) >= 11 is 0. The second-order valence-electron chi connectivity index (χ2n) is 4.87. The van der Waals surface area contributed by atoms with Crippen LogP contribution in [-0.2, 0) is 13.1 Å². The van der Waals surface area contributed by atoms with E-state index in [4.69, 9.17) is 11.1 Å². The van der Waals surface area contributed by atoms with Crippen molar-refractivity contribution in [2.75, 3.05) is 7.05 Å². The van der Waals surface area contributed by atoms with Gasteiger partial charge >= 0.3 is 0 Å². The first-order chi connectivity index (χ1) is 9.56. The minimum Gasteiger partial charge on any atom is -0.384 e. The quantitative estimate of drug-likeness (QED) is 0.649. The topological polar surface area (TPSA) is 53.1 Å². The lowest BCUT2D eigenvalue weighted by molar-refractivity contribution is 0.319. The number of nitrogens with two attached hydrogens (primary N) is 1. The molecule has 0 saturated heterocycles. The van der Waals surface area contributed by atoms with Crippen LogP contribution >= 0.6 is 0 Å². The summed E-state index contributed by atoms with van der Waals surface area (Å²) in [5.74, 6) is -0.144. The third kappa shape index (κ3) is 3.65. The van der Waals surface area contributed by atoms with Gasteiger partial charge in [0.2, 0.25) is 0 Å². The van der Waals surface area contributed by atoms with Crippen LogP contribution in [0.15, 0.2) is 48.5 Å². The maximum absolute atomic E-state index is 12.9. The van der Waals surface area contributed by atoms with Crippen molar-refractivity contribution in [2.45, 2.75) is 13.1 Å². The highest BCUT2D eigenvalue weighted by molar-refractivity contribution is 5.96. The first kappa shape index (κ1) is 14.2. The zero-order valence-corrected chi connectivity index (χ0v) is 11.4. The molecule has 2 aromatic rings. The Bertz CT molecular complexity index is 593. The van der Waals surface area contributed by atoms with Gasteiger partial charge in [-0.25, -0.2) is 4.39 Å². The average molecular weight is 271 g/mol. The molecule has 0 aliphatic carbocycles. The Hall–Kier alpha value is -2.20. The van der Waals surface area contributed by atoms with Crippen molar-refractivity contribution in [3.63, 3.8) is 0 Å². The van der Waals surface area contributed by atoms with Crippen molar-refractivity contribution in [3.05, 3.63) is 71.0 Å². The van der Waals surface area contributed by atoms with E-state index in [0.717, 1.165) is 16.7 Å². The van der Waals surface area contributed by atoms with Crippen molar-refractivity contribution < 1.29 is 4.39 Å². The van der Waals surface area contributed by atoms with E-state index in [1.54, 1.807) is 12.1 Å². The van der Waals surface area contributed by atoms with E-state index in [-0.39, 0.29) is 11.7 Å². The molecule has 0 amide bonds. The van der Waals surface area contributed by atoms with Crippen molar-refractivity contribution in [1.82, 2.24) is 4.90 Å². The molecule has 0 radical (unpaired) electrons. The Morgan fingerprint density at radius 2 is 1.75 bits per heavy atom. The molecule has 2 rings (SSSR count). The summed E-state index contributed by atoms with van der Waals surface area (Å²) in [4.78, 5) is 2.11. The van der Waals surface area contributed by atoms with Gasteiger partial charge in [0.1, 0.15) is 11.7 Å². The fraction of sp³-hybridized carbons (Fsp3) is 0.188. The van der Waals surface area contributed by atoms with Crippen molar-refractivity contribution >= 4 is 5.84 Å². The van der Waals surface area contributed by atoms with Crippen LogP contribution < -0.4 is 5.73 Å². The van der Waals surface area contributed by atoms with E-state index in [9.17, 15) is 4.39 Å². The van der Waals surface area contributed by atoms with Crippen LogP contribution in [0.2, 0.25) is 0 Å². The van der Waals surface area contributed by atoms with Crippen LogP contribution in [0, 0.1) is 11.2 Å². The lowest BCUT2D eigenvalue weighted by Gasteiger charge is -2.18. The number of amidine groups is 1. The summed E-state index contributed by atoms with van der Waals surface area (Å²) in [6.07, 6.45) is 0. The number of benzene rings is 2. The molecule has 0 heterocycles. The van der Waals surface area contributed by atoms with Gasteiger partial charge in [-0.3, -0.25) is 10.3 Å². The number of nitrogens with zero attached hydrogens (tertiary/aromatic N) is 1. The van der Waals surface area contributed by atoms with Crippen molar-refractivity contribution in [3.8, 4) is 0 Å². The van der Waals surface area contributed by atoms with Gasteiger partial charge in [0.05, 0.1) is 0 Å². The molecule has 0 saturated carbocycles. The van der Waals surface area contributed by atoms with Gasteiger partial charge in [0, 0.05) is 18.7 Å². The number of hydrogen-bond donors (Lipinski definition) is 2. The lowest BCUT2D eigenvalue weighted by atomic mass is 10.1. The number of rotatable bonds is 5. The van der Waals surface area contributed by atoms with Crippen LogP contribution in [-0.4, -0.2) is 17.8 Å². The van der Waals surface area contributed by atoms with Gasteiger partial charge < -0.3 is 5.73 Å². The summed E-state index contributed by atoms with van der Waals surface area (Å²) in [7, 11) is 1.99. The minimum absolute atomic E-state index is 0.0794. The summed E-state index contributed by atoms with van der Waals surface area (Å²) in [5.41, 5.74) is 8.41. The van der Waals surface area contributed by atoms with E-state index in [0.29, 0.717) is 13.1 Å². The molecule has 3 N–H and O–H groups in total. The van der Waals surface area contributed by atoms with E-state index < -0.39 is 0 Å². The summed E-state index contributed by atoms with van der Waals surface area (Å²) in [6.45, 7) is 1.40. The highest BCUT2D eigenvalue weighted by Gasteiger charge is 2.07. The fourth-order valence-corrected chi connectivity index (χ4v) is 2.17. The zero-order chi connectivity index (χ0) is 14.5. The Balaban J connectivity index is 2.06. The van der Waals surface area contributed by atoms with Gasteiger partial charge in [-0.05, 0) is 30.3 Å². The van der Waals surface area contributed by atoms with E-state index >= 15 is 0 Å². The molecule has 3 nitrogen and oxygen atoms in total. The average Bonchev–Trinajstić information content (AvgIpc) is 2.41. The van der Waals surface area contributed by atoms with Crippen LogP contribution in [0.3, 0.4) is 0 Å². The molecule has 0 bridgehead atoms. The summed E-state index contributed by atoms with van der Waals surface area (Å²) in [6, 6.07) is 14.1. The second kappa shape index (κ2) is 6.30. The number of nitrogens with one attached hydrogen (secondary N) is 1. The fourth-order valence-electron chi connectivity index (χ4n) is 2.17. The number of nitrogen functional groups attached to an aromatic ring is 1. The van der Waals surface area contributed by atoms with Crippen LogP contribution in [0.25, 0.3) is 0 Å². The first-order valence-corrected chi connectivity index (χ1v) is 6.41.